The smallest absolute Gasteiger partial charge is 0.392 e. The molecular weight excluding hydrogens is 467 g/mol. The topological polar surface area (TPSA) is 159 Å². The number of primary amides is 1. The zero-order chi connectivity index (χ0) is 25.6. The van der Waals surface area contributed by atoms with E-state index in [1.165, 1.54) is 0 Å². The lowest BCUT2D eigenvalue weighted by Gasteiger charge is -2.18. The molecular formula is C22H24F3N7O3. The van der Waals surface area contributed by atoms with Crippen molar-refractivity contribution in [2.75, 3.05) is 10.6 Å². The Morgan fingerprint density at radius 2 is 1.86 bits per heavy atom. The van der Waals surface area contributed by atoms with E-state index in [0.717, 1.165) is 0 Å². The number of hydrogen-bond acceptors (Lipinski definition) is 9. The molecule has 0 bridgehead atoms. The first-order valence-corrected chi connectivity index (χ1v) is 10.5. The van der Waals surface area contributed by atoms with Crippen molar-refractivity contribution < 1.29 is 28.2 Å². The molecule has 0 spiro atoms. The van der Waals surface area contributed by atoms with Gasteiger partial charge in [-0.15, -0.1) is 0 Å². The van der Waals surface area contributed by atoms with Crippen molar-refractivity contribution in [1.82, 2.24) is 19.9 Å². The van der Waals surface area contributed by atoms with E-state index in [1.807, 2.05) is 0 Å². The molecule has 35 heavy (non-hydrogen) atoms. The molecule has 1 atom stereocenters. The van der Waals surface area contributed by atoms with Gasteiger partial charge in [-0.3, -0.25) is 14.8 Å². The number of aliphatic hydroxyl groups excluding tert-OH is 2. The second-order valence-electron chi connectivity index (χ2n) is 7.52. The number of aromatic nitrogens is 4. The highest BCUT2D eigenvalue weighted by Gasteiger charge is 2.36. The van der Waals surface area contributed by atoms with Gasteiger partial charge in [-0.05, 0) is 36.2 Å². The minimum absolute atomic E-state index is 0.101. The van der Waals surface area contributed by atoms with E-state index in [0.29, 0.717) is 34.4 Å². The standard InChI is InChI=1S/C22H24F3N7O3/c1-2-17(19(26)35)31-20-16(22(23,24)25)9-29-21(32-20)28-8-14-4-3-13(7-27-14)18-6-12(10-33)5-15(11-34)30-18/h3-7,9,17,33-34H,2,8,10-11H2,1H3,(H2,26,35)(H2,28,29,31,32)/t17-/m1/s1. The van der Waals surface area contributed by atoms with Gasteiger partial charge in [-0.1, -0.05) is 6.92 Å². The van der Waals surface area contributed by atoms with Crippen LogP contribution in [0.5, 0.6) is 0 Å². The van der Waals surface area contributed by atoms with Crippen molar-refractivity contribution in [2.45, 2.75) is 45.3 Å². The van der Waals surface area contributed by atoms with Crippen LogP contribution < -0.4 is 16.4 Å². The van der Waals surface area contributed by atoms with Crippen LogP contribution in [0.4, 0.5) is 24.9 Å². The molecule has 0 aliphatic carbocycles. The first kappa shape index (κ1) is 25.8. The van der Waals surface area contributed by atoms with E-state index in [-0.39, 0.29) is 32.1 Å². The molecule has 0 saturated heterocycles. The Bertz CT molecular complexity index is 1150. The third-order valence-electron chi connectivity index (χ3n) is 4.99. The van der Waals surface area contributed by atoms with Crippen LogP contribution in [0.1, 0.15) is 35.9 Å². The fourth-order valence-corrected chi connectivity index (χ4v) is 3.14. The van der Waals surface area contributed by atoms with E-state index >= 15 is 0 Å². The number of alkyl halides is 3. The maximum Gasteiger partial charge on any atom is 0.421 e. The lowest BCUT2D eigenvalue weighted by Crippen LogP contribution is -2.35. The number of nitrogens with one attached hydrogen (secondary N) is 2. The Hall–Kier alpha value is -3.84. The van der Waals surface area contributed by atoms with Gasteiger partial charge in [-0.2, -0.15) is 18.2 Å². The fraction of sp³-hybridized carbons (Fsp3) is 0.318. The first-order valence-electron chi connectivity index (χ1n) is 10.5. The number of aliphatic hydroxyl groups is 2. The molecule has 3 aromatic heterocycles. The number of amides is 1. The normalized spacial score (nSPS) is 12.3. The summed E-state index contributed by atoms with van der Waals surface area (Å²) in [4.78, 5) is 27.7. The summed E-state index contributed by atoms with van der Waals surface area (Å²) in [6.07, 6.45) is -2.39. The van der Waals surface area contributed by atoms with Gasteiger partial charge in [-0.25, -0.2) is 4.98 Å². The summed E-state index contributed by atoms with van der Waals surface area (Å²) in [5, 5.41) is 24.0. The SMILES string of the molecule is CC[C@@H](Nc1nc(NCc2ccc(-c3cc(CO)cc(CO)n3)cn2)ncc1C(F)(F)F)C(N)=O. The molecule has 0 aliphatic rings. The van der Waals surface area contributed by atoms with Crippen molar-refractivity contribution in [3.63, 3.8) is 0 Å². The maximum atomic E-state index is 13.4. The number of halogens is 3. The number of carbonyl (C=O) groups excluding carboxylic acids is 1. The van der Waals surface area contributed by atoms with Gasteiger partial charge in [0.2, 0.25) is 11.9 Å². The molecule has 0 aliphatic heterocycles. The number of rotatable bonds is 10. The first-order chi connectivity index (χ1) is 16.6. The predicted octanol–water partition coefficient (Wildman–Crippen LogP) is 2.22. The number of pyridine rings is 2. The van der Waals surface area contributed by atoms with Gasteiger partial charge in [0, 0.05) is 18.0 Å². The molecule has 6 N–H and O–H groups in total. The Balaban J connectivity index is 1.77. The summed E-state index contributed by atoms with van der Waals surface area (Å²) in [5.74, 6) is -1.46. The molecule has 0 saturated carbocycles. The van der Waals surface area contributed by atoms with Crippen LogP contribution in [-0.4, -0.2) is 42.1 Å². The molecule has 0 fully saturated rings. The molecule has 186 valence electrons. The van der Waals surface area contributed by atoms with Crippen LogP contribution in [0.15, 0.2) is 36.7 Å². The van der Waals surface area contributed by atoms with Crippen molar-refractivity contribution in [2.24, 2.45) is 5.73 Å². The highest BCUT2D eigenvalue weighted by atomic mass is 19.4. The van der Waals surface area contributed by atoms with Crippen molar-refractivity contribution in [3.8, 4) is 11.3 Å². The highest BCUT2D eigenvalue weighted by molar-refractivity contribution is 5.82. The zero-order valence-electron chi connectivity index (χ0n) is 18.7. The lowest BCUT2D eigenvalue weighted by molar-refractivity contribution is -0.137. The summed E-state index contributed by atoms with van der Waals surface area (Å²) >= 11 is 0. The Morgan fingerprint density at radius 3 is 2.43 bits per heavy atom. The average molecular weight is 491 g/mol. The molecule has 10 nitrogen and oxygen atoms in total. The molecule has 0 radical (unpaired) electrons. The van der Waals surface area contributed by atoms with Crippen LogP contribution in [-0.2, 0) is 30.7 Å². The van der Waals surface area contributed by atoms with Gasteiger partial charge in [0.1, 0.15) is 17.4 Å². The van der Waals surface area contributed by atoms with Crippen molar-refractivity contribution in [3.05, 3.63) is 59.2 Å². The van der Waals surface area contributed by atoms with Gasteiger partial charge in [0.15, 0.2) is 0 Å². The molecule has 3 rings (SSSR count). The third-order valence-corrected chi connectivity index (χ3v) is 4.99. The fourth-order valence-electron chi connectivity index (χ4n) is 3.14. The quantitative estimate of drug-likeness (QED) is 0.287. The monoisotopic (exact) mass is 491 g/mol. The van der Waals surface area contributed by atoms with E-state index in [2.05, 4.69) is 30.6 Å². The molecule has 0 aromatic carbocycles. The molecule has 3 heterocycles. The van der Waals surface area contributed by atoms with Crippen LogP contribution in [0.2, 0.25) is 0 Å². The highest BCUT2D eigenvalue weighted by Crippen LogP contribution is 2.34. The number of anilines is 2. The van der Waals surface area contributed by atoms with E-state index in [4.69, 9.17) is 5.73 Å². The zero-order valence-corrected chi connectivity index (χ0v) is 18.7. The second kappa shape index (κ2) is 11.1. The van der Waals surface area contributed by atoms with Crippen molar-refractivity contribution >= 4 is 17.7 Å². The summed E-state index contributed by atoms with van der Waals surface area (Å²) in [6, 6.07) is 5.64. The summed E-state index contributed by atoms with van der Waals surface area (Å²) in [7, 11) is 0. The van der Waals surface area contributed by atoms with Crippen LogP contribution in [0, 0.1) is 0 Å². The molecule has 1 amide bonds. The number of carbonyl (C=O) groups is 1. The molecule has 0 unspecified atom stereocenters. The summed E-state index contributed by atoms with van der Waals surface area (Å²) in [5.41, 5.74) is 6.82. The average Bonchev–Trinajstić information content (AvgIpc) is 2.85. The molecule has 3 aromatic rings. The van der Waals surface area contributed by atoms with Gasteiger partial charge in [0.25, 0.3) is 0 Å². The molecule has 13 heteroatoms. The van der Waals surface area contributed by atoms with E-state index in [1.54, 1.807) is 37.4 Å². The third kappa shape index (κ3) is 6.61. The van der Waals surface area contributed by atoms with Crippen LogP contribution >= 0.6 is 0 Å². The van der Waals surface area contributed by atoms with E-state index in [9.17, 15) is 28.2 Å². The predicted molar refractivity (Wildman–Crippen MR) is 121 cm³/mol. The Labute approximate surface area is 198 Å². The summed E-state index contributed by atoms with van der Waals surface area (Å²) < 4.78 is 40.1. The minimum atomic E-state index is -4.73. The Morgan fingerprint density at radius 1 is 1.09 bits per heavy atom. The lowest BCUT2D eigenvalue weighted by atomic mass is 10.1. The number of nitrogens with zero attached hydrogens (tertiary/aromatic N) is 4. The van der Waals surface area contributed by atoms with Crippen LogP contribution in [0.3, 0.4) is 0 Å². The van der Waals surface area contributed by atoms with Crippen LogP contribution in [0.25, 0.3) is 11.3 Å². The number of hydrogen-bond donors (Lipinski definition) is 5. The van der Waals surface area contributed by atoms with Gasteiger partial charge in [0.05, 0.1) is 36.8 Å². The summed E-state index contributed by atoms with van der Waals surface area (Å²) in [6.45, 7) is 1.22. The van der Waals surface area contributed by atoms with Crippen molar-refractivity contribution in [1.29, 1.82) is 0 Å². The minimum Gasteiger partial charge on any atom is -0.392 e. The Kier molecular flexibility index (Phi) is 8.14. The second-order valence-corrected chi connectivity index (χ2v) is 7.52. The van der Waals surface area contributed by atoms with Gasteiger partial charge < -0.3 is 26.6 Å². The largest absolute Gasteiger partial charge is 0.421 e. The number of nitrogens with two attached hydrogens (primary N) is 1. The van der Waals surface area contributed by atoms with E-state index < -0.39 is 29.5 Å². The maximum absolute atomic E-state index is 13.4. The van der Waals surface area contributed by atoms with Gasteiger partial charge >= 0.3 is 6.18 Å².